The molecule has 0 aromatic rings. The van der Waals surface area contributed by atoms with E-state index in [9.17, 15) is 0 Å². The molecule has 0 aliphatic heterocycles. The molecule has 0 saturated carbocycles. The first-order valence-corrected chi connectivity index (χ1v) is 3.96. The van der Waals surface area contributed by atoms with E-state index in [4.69, 9.17) is 11.5 Å². The van der Waals surface area contributed by atoms with Crippen molar-refractivity contribution >= 4 is 35.2 Å². The molecule has 2 N–H and O–H groups in total. The van der Waals surface area contributed by atoms with Gasteiger partial charge in [-0.25, -0.2) is 0 Å². The van der Waals surface area contributed by atoms with Crippen LogP contribution < -0.4 is 11.5 Å². The lowest BCUT2D eigenvalue weighted by Gasteiger charge is -2.12. The van der Waals surface area contributed by atoms with Crippen molar-refractivity contribution in [3.05, 3.63) is 0 Å². The van der Waals surface area contributed by atoms with E-state index in [0.717, 1.165) is 0 Å². The molecule has 4 heteroatoms. The van der Waals surface area contributed by atoms with Crippen LogP contribution in [0.5, 0.6) is 0 Å². The largest absolute Gasteiger partial charge is 0.252 e. The zero-order chi connectivity index (χ0) is 7.98. The summed E-state index contributed by atoms with van der Waals surface area (Å²) in [5.74, 6) is 0. The van der Waals surface area contributed by atoms with Crippen LogP contribution in [0.2, 0.25) is 0 Å². The van der Waals surface area contributed by atoms with Crippen molar-refractivity contribution in [3.63, 3.8) is 0 Å². The second-order valence-corrected chi connectivity index (χ2v) is 2.68. The van der Waals surface area contributed by atoms with Crippen LogP contribution in [-0.2, 0) is 0 Å². The van der Waals surface area contributed by atoms with Gasteiger partial charge in [-0.3, -0.25) is 11.5 Å². The lowest BCUT2D eigenvalue weighted by atomic mass is 10.1. The Morgan fingerprint density at radius 3 is 1.50 bits per heavy atom. The van der Waals surface area contributed by atoms with E-state index in [1.807, 2.05) is 0 Å². The zero-order valence-corrected chi connectivity index (χ0v) is 7.17. The Bertz CT molecular complexity index is 102. The van der Waals surface area contributed by atoms with Crippen molar-refractivity contribution in [2.75, 3.05) is 0 Å². The summed E-state index contributed by atoms with van der Waals surface area (Å²) < 4.78 is 0. The molecular formula is C6H10N2S2. The lowest BCUT2D eigenvalue weighted by molar-refractivity contribution is 0.534. The average molecular weight is 174 g/mol. The van der Waals surface area contributed by atoms with E-state index in [1.54, 1.807) is 0 Å². The van der Waals surface area contributed by atoms with Gasteiger partial charge in [-0.15, -0.1) is 0 Å². The monoisotopic (exact) mass is 174 g/mol. The summed E-state index contributed by atoms with van der Waals surface area (Å²) in [5.41, 5.74) is 14.7. The van der Waals surface area contributed by atoms with Crippen LogP contribution in [0.4, 0.5) is 0 Å². The highest BCUT2D eigenvalue weighted by atomic mass is 32.1. The third-order valence-corrected chi connectivity index (χ3v) is 1.57. The predicted octanol–water partition coefficient (Wildman–Crippen LogP) is 1.07. The van der Waals surface area contributed by atoms with Crippen molar-refractivity contribution in [3.8, 4) is 0 Å². The van der Waals surface area contributed by atoms with Gasteiger partial charge in [0.25, 0.3) is 0 Å². The fraction of sp³-hybridized carbons (Fsp3) is 0.667. The minimum atomic E-state index is -0.406. The van der Waals surface area contributed by atoms with Crippen LogP contribution in [0.15, 0.2) is 0 Å². The van der Waals surface area contributed by atoms with Gasteiger partial charge in [0.2, 0.25) is 0 Å². The second-order valence-electron chi connectivity index (χ2n) is 2.02. The maximum atomic E-state index is 7.33. The molecule has 56 valence electrons. The molecule has 0 saturated heterocycles. The van der Waals surface area contributed by atoms with Crippen molar-refractivity contribution in [1.29, 1.82) is 0 Å². The summed E-state index contributed by atoms with van der Waals surface area (Å²) >= 11 is 9.13. The van der Waals surface area contributed by atoms with Gasteiger partial charge in [-0.1, -0.05) is 24.4 Å². The highest BCUT2D eigenvalue weighted by molar-refractivity contribution is 7.79. The standard InChI is InChI=1S/C6H10N2S2/c7-5(1-3-9)6(8)2-4-10/h3-8H,1-2H2. The molecule has 0 rings (SSSR count). The molecule has 2 atom stereocenters. The Hall–Kier alpha value is 0.100. The van der Waals surface area contributed by atoms with E-state index in [0.29, 0.717) is 12.8 Å². The maximum Gasteiger partial charge on any atom is 0.0425 e. The minimum absolute atomic E-state index is 0.406. The summed E-state index contributed by atoms with van der Waals surface area (Å²) in [5, 5.41) is 3.01. The summed E-state index contributed by atoms with van der Waals surface area (Å²) in [6, 6.07) is -0.812. The Balaban J connectivity index is 3.56. The number of hydrogen-bond acceptors (Lipinski definition) is 2. The number of hydrogen-bond donors (Lipinski definition) is 0. The van der Waals surface area contributed by atoms with E-state index < -0.39 is 12.1 Å². The van der Waals surface area contributed by atoms with E-state index in [-0.39, 0.29) is 0 Å². The van der Waals surface area contributed by atoms with E-state index >= 15 is 0 Å². The maximum absolute atomic E-state index is 7.33. The smallest absolute Gasteiger partial charge is 0.0425 e. The Morgan fingerprint density at radius 1 is 1.00 bits per heavy atom. The van der Waals surface area contributed by atoms with Crippen LogP contribution in [0.1, 0.15) is 12.8 Å². The molecule has 0 bridgehead atoms. The van der Waals surface area contributed by atoms with Gasteiger partial charge < -0.3 is 0 Å². The minimum Gasteiger partial charge on any atom is -0.252 e. The third kappa shape index (κ3) is 4.00. The molecule has 0 aromatic heterocycles. The molecule has 0 spiro atoms. The highest BCUT2D eigenvalue weighted by Gasteiger charge is 2.11. The third-order valence-electron chi connectivity index (χ3n) is 1.19. The first kappa shape index (κ1) is 10.1. The van der Waals surface area contributed by atoms with Crippen molar-refractivity contribution < 1.29 is 0 Å². The first-order chi connectivity index (χ1) is 4.72. The van der Waals surface area contributed by atoms with Crippen LogP contribution in [-0.4, -0.2) is 22.8 Å². The Kier molecular flexibility index (Phi) is 5.91. The van der Waals surface area contributed by atoms with Crippen molar-refractivity contribution in [1.82, 2.24) is 11.5 Å². The van der Waals surface area contributed by atoms with Gasteiger partial charge in [0.05, 0.1) is 0 Å². The summed E-state index contributed by atoms with van der Waals surface area (Å²) in [4.78, 5) is 0. The number of nitrogens with one attached hydrogen (secondary N) is 2. The number of thiocarbonyl (C=S) groups is 2. The van der Waals surface area contributed by atoms with Crippen molar-refractivity contribution in [2.24, 2.45) is 0 Å². The normalized spacial score (nSPS) is 15.8. The molecule has 10 heavy (non-hydrogen) atoms. The Labute approximate surface area is 72.0 Å². The van der Waals surface area contributed by atoms with Gasteiger partial charge in [0, 0.05) is 12.1 Å². The van der Waals surface area contributed by atoms with Gasteiger partial charge in [-0.2, -0.15) is 0 Å². The lowest BCUT2D eigenvalue weighted by Crippen LogP contribution is -2.29. The molecule has 2 radical (unpaired) electrons. The van der Waals surface area contributed by atoms with Gasteiger partial charge >= 0.3 is 0 Å². The summed E-state index contributed by atoms with van der Waals surface area (Å²) in [6.07, 6.45) is 1.01. The summed E-state index contributed by atoms with van der Waals surface area (Å²) in [6.45, 7) is 0. The van der Waals surface area contributed by atoms with Gasteiger partial charge in [-0.05, 0) is 23.6 Å². The summed E-state index contributed by atoms with van der Waals surface area (Å²) in [7, 11) is 0. The molecule has 0 fully saturated rings. The Morgan fingerprint density at radius 2 is 1.30 bits per heavy atom. The fourth-order valence-electron chi connectivity index (χ4n) is 0.536. The molecule has 2 unspecified atom stereocenters. The van der Waals surface area contributed by atoms with Gasteiger partial charge in [0.15, 0.2) is 0 Å². The second kappa shape index (κ2) is 5.85. The predicted molar refractivity (Wildman–Crippen MR) is 50.3 cm³/mol. The van der Waals surface area contributed by atoms with Crippen LogP contribution >= 0.6 is 24.4 Å². The van der Waals surface area contributed by atoms with Crippen LogP contribution in [0.25, 0.3) is 0 Å². The zero-order valence-electron chi connectivity index (χ0n) is 5.54. The van der Waals surface area contributed by atoms with E-state index in [2.05, 4.69) is 24.4 Å². The van der Waals surface area contributed by atoms with Crippen LogP contribution in [0.3, 0.4) is 0 Å². The van der Waals surface area contributed by atoms with Crippen molar-refractivity contribution in [2.45, 2.75) is 24.9 Å². The SMILES string of the molecule is [NH]C(CC=S)C([NH])CC=S. The first-order valence-electron chi connectivity index (χ1n) is 3.02. The molecule has 0 aliphatic rings. The molecule has 2 nitrogen and oxygen atoms in total. The van der Waals surface area contributed by atoms with Crippen LogP contribution in [0, 0.1) is 0 Å². The fourth-order valence-corrected chi connectivity index (χ4v) is 0.951. The molecule has 0 amide bonds. The molecule has 0 aliphatic carbocycles. The highest BCUT2D eigenvalue weighted by Crippen LogP contribution is 1.98. The quantitative estimate of drug-likeness (QED) is 0.585. The van der Waals surface area contributed by atoms with Gasteiger partial charge in [0.1, 0.15) is 0 Å². The molecular weight excluding hydrogens is 164 g/mol. The topological polar surface area (TPSA) is 47.6 Å². The molecule has 0 aromatic carbocycles. The van der Waals surface area contributed by atoms with E-state index in [1.165, 1.54) is 10.7 Å². The average Bonchev–Trinajstić information content (AvgIpc) is 1.89. The molecule has 0 heterocycles. The number of rotatable bonds is 5.